The summed E-state index contributed by atoms with van der Waals surface area (Å²) in [4.78, 5) is 0. The molecule has 194 valence electrons. The molecule has 3 N–H and O–H groups in total. The average Bonchev–Trinajstić information content (AvgIpc) is 3.04. The Bertz CT molecular complexity index is 810. The van der Waals surface area contributed by atoms with Gasteiger partial charge in [-0.2, -0.15) is 8.42 Å². The van der Waals surface area contributed by atoms with Gasteiger partial charge < -0.3 is 6.53 Å². The monoisotopic (exact) mass is 492 g/mol. The summed E-state index contributed by atoms with van der Waals surface area (Å²) in [6.45, 7) is 12.6. The predicted molar refractivity (Wildman–Crippen MR) is 134 cm³/mol. The van der Waals surface area contributed by atoms with E-state index in [1.54, 1.807) is 5.57 Å². The first-order chi connectivity index (χ1) is 15.3. The van der Waals surface area contributed by atoms with Gasteiger partial charge in [-0.25, -0.2) is 0 Å². The van der Waals surface area contributed by atoms with Crippen molar-refractivity contribution in [2.45, 2.75) is 111 Å². The van der Waals surface area contributed by atoms with Gasteiger partial charge in [0.25, 0.3) is 0 Å². The molecule has 0 amide bonds. The first-order valence-electron chi connectivity index (χ1n) is 13.3. The van der Waals surface area contributed by atoms with E-state index in [0.29, 0.717) is 10.8 Å². The molecule has 0 saturated heterocycles. The van der Waals surface area contributed by atoms with E-state index in [-0.39, 0.29) is 26.4 Å². The van der Waals surface area contributed by atoms with E-state index in [4.69, 9.17) is 17.5 Å². The number of hydrogen-bond acceptors (Lipinski definition) is 3. The molecule has 5 nitrogen and oxygen atoms in total. The van der Waals surface area contributed by atoms with Crippen molar-refractivity contribution in [3.8, 4) is 0 Å². The Morgan fingerprint density at radius 2 is 1.68 bits per heavy atom. The third kappa shape index (κ3) is 6.72. The maximum absolute atomic E-state index is 10.2. The Hall–Kier alpha value is 0.167. The molecule has 0 aromatic heterocycles. The van der Waals surface area contributed by atoms with Gasteiger partial charge >= 0.3 is 29.3 Å². The van der Waals surface area contributed by atoms with Gasteiger partial charge in [0.2, 0.25) is 0 Å². The average molecular weight is 493 g/mol. The first kappa shape index (κ1) is 30.4. The van der Waals surface area contributed by atoms with Crippen molar-refractivity contribution in [3.05, 3.63) is 11.6 Å². The van der Waals surface area contributed by atoms with Gasteiger partial charge in [0.1, 0.15) is 0 Å². The van der Waals surface area contributed by atoms with Crippen molar-refractivity contribution in [3.63, 3.8) is 0 Å². The molecule has 7 heteroatoms. The second kappa shape index (κ2) is 11.7. The van der Waals surface area contributed by atoms with Crippen LogP contribution < -0.4 is 18.9 Å². The third-order valence-corrected chi connectivity index (χ3v) is 10.3. The van der Waals surface area contributed by atoms with Crippen LogP contribution in [0.25, 0.3) is 0 Å². The molecular formula is C27H49LiO5S. The summed E-state index contributed by atoms with van der Waals surface area (Å²) < 4.78 is 31.6. The zero-order chi connectivity index (χ0) is 24.6. The second-order valence-corrected chi connectivity index (χ2v) is 13.5. The zero-order valence-corrected chi connectivity index (χ0v) is 23.3. The fraction of sp³-hybridized carbons (Fsp3) is 0.926. The first-order valence-corrected chi connectivity index (χ1v) is 14.7. The Kier molecular flexibility index (Phi) is 10.5. The Labute approximate surface area is 222 Å². The van der Waals surface area contributed by atoms with Crippen LogP contribution in [0.2, 0.25) is 0 Å². The Balaban J connectivity index is 0.000000798. The summed E-state index contributed by atoms with van der Waals surface area (Å²) in [5.74, 6) is 5.46. The maximum atomic E-state index is 10.2. The summed E-state index contributed by atoms with van der Waals surface area (Å²) in [6.07, 6.45) is 17.2. The fourth-order valence-electron chi connectivity index (χ4n) is 8.67. The van der Waals surface area contributed by atoms with E-state index in [1.807, 2.05) is 0 Å². The smallest absolute Gasteiger partial charge is 1.00 e. The van der Waals surface area contributed by atoms with E-state index in [9.17, 15) is 5.11 Å². The largest absolute Gasteiger partial charge is 1.00 e. The number of aliphatic hydroxyl groups is 1. The van der Waals surface area contributed by atoms with Gasteiger partial charge in [-0.3, -0.25) is 9.11 Å². The molecule has 0 aromatic rings. The second-order valence-electron chi connectivity index (χ2n) is 12.6. The molecule has 0 spiro atoms. The molecule has 4 aliphatic rings. The molecule has 0 heterocycles. The molecule has 8 atom stereocenters. The number of hydrogen-bond donors (Lipinski definition) is 3. The minimum Gasteiger partial charge on any atom is -1.00 e. The summed E-state index contributed by atoms with van der Waals surface area (Å²) in [6, 6.07) is 0. The van der Waals surface area contributed by atoms with Gasteiger partial charge in [0.15, 0.2) is 0 Å². The van der Waals surface area contributed by atoms with Gasteiger partial charge in [0.05, 0.1) is 6.10 Å². The molecule has 1 unspecified atom stereocenters. The van der Waals surface area contributed by atoms with Crippen LogP contribution in [0.5, 0.6) is 0 Å². The quantitative estimate of drug-likeness (QED) is 0.308. The van der Waals surface area contributed by atoms with Crippen molar-refractivity contribution in [2.24, 2.45) is 46.3 Å². The van der Waals surface area contributed by atoms with Crippen LogP contribution in [0.4, 0.5) is 0 Å². The molecule has 0 radical (unpaired) electrons. The van der Waals surface area contributed by atoms with E-state index in [2.05, 4.69) is 40.7 Å². The predicted octanol–water partition coefficient (Wildman–Crippen LogP) is 3.85. The van der Waals surface area contributed by atoms with Crippen LogP contribution in [0.3, 0.4) is 0 Å². The molecule has 0 bridgehead atoms. The van der Waals surface area contributed by atoms with E-state index >= 15 is 0 Å². The van der Waals surface area contributed by atoms with Crippen LogP contribution in [-0.4, -0.2) is 28.7 Å². The number of allylic oxidation sites excluding steroid dienone is 1. The molecular weight excluding hydrogens is 443 g/mol. The van der Waals surface area contributed by atoms with Crippen molar-refractivity contribution in [2.75, 3.05) is 0 Å². The molecule has 3 saturated carbocycles. The van der Waals surface area contributed by atoms with Gasteiger partial charge in [0, 0.05) is 0 Å². The van der Waals surface area contributed by atoms with Gasteiger partial charge in [-0.05, 0) is 97.7 Å². The number of rotatable bonds is 5. The minimum atomic E-state index is -4.67. The van der Waals surface area contributed by atoms with Crippen molar-refractivity contribution >= 4 is 10.4 Å². The minimum absolute atomic E-state index is 0. The van der Waals surface area contributed by atoms with Gasteiger partial charge in [-0.1, -0.05) is 65.5 Å². The van der Waals surface area contributed by atoms with Crippen molar-refractivity contribution < 1.29 is 42.9 Å². The third-order valence-electron chi connectivity index (χ3n) is 10.3. The molecule has 0 aliphatic heterocycles. The van der Waals surface area contributed by atoms with Crippen molar-refractivity contribution in [1.82, 2.24) is 0 Å². The molecule has 3 fully saturated rings. The van der Waals surface area contributed by atoms with E-state index in [1.165, 1.54) is 57.8 Å². The van der Waals surface area contributed by atoms with Gasteiger partial charge in [-0.15, -0.1) is 0 Å². The van der Waals surface area contributed by atoms with Crippen LogP contribution >= 0.6 is 0 Å². The number of aliphatic hydroxyl groups excluding tert-OH is 1. The molecule has 4 rings (SSSR count). The van der Waals surface area contributed by atoms with Crippen LogP contribution in [0, 0.1) is 46.3 Å². The number of fused-ring (bicyclic) bond motifs is 5. The SMILES string of the molecule is CC(C)CCCC(C)[C@H]1CC[C@H]2[C@@H]3CC=C4C[C@@H](O)CC[C@]4(C)[C@H]3CC[C@]12C.O=S(=O)(O)O.[H-].[Li+]. The zero-order valence-electron chi connectivity index (χ0n) is 23.5. The normalized spacial score (nSPS) is 40.0. The summed E-state index contributed by atoms with van der Waals surface area (Å²) in [5.41, 5.74) is 2.60. The van der Waals surface area contributed by atoms with Crippen LogP contribution in [0.15, 0.2) is 11.6 Å². The summed E-state index contributed by atoms with van der Waals surface area (Å²) in [5, 5.41) is 10.2. The summed E-state index contributed by atoms with van der Waals surface area (Å²) >= 11 is 0. The van der Waals surface area contributed by atoms with E-state index in [0.717, 1.165) is 48.3 Å². The van der Waals surface area contributed by atoms with Crippen LogP contribution in [-0.2, 0) is 10.4 Å². The summed E-state index contributed by atoms with van der Waals surface area (Å²) in [7, 11) is -4.67. The molecule has 34 heavy (non-hydrogen) atoms. The van der Waals surface area contributed by atoms with Crippen LogP contribution in [0.1, 0.15) is 107 Å². The maximum Gasteiger partial charge on any atom is 1.00 e. The standard InChI is InChI=1S/C27H46O.Li.H2O4S.H/c1-18(2)7-6-8-19(3)23-11-12-24-22-10-9-20-17-21(28)13-15-26(20,4)25(22)14-16-27(23,24)5;;1-5(2,3)4;/h9,18-19,21-25,28H,6-8,10-17H2,1-5H3;;(H2,1,2,3,4);/q;+1;;-1/t19?,21-,22-,23+,24-,25-,26-,27+;;;/m0.../s1. The van der Waals surface area contributed by atoms with E-state index < -0.39 is 10.4 Å². The fourth-order valence-corrected chi connectivity index (χ4v) is 8.67. The molecule has 0 aromatic carbocycles. The topological polar surface area (TPSA) is 94.8 Å². The Morgan fingerprint density at radius 3 is 2.29 bits per heavy atom. The van der Waals surface area contributed by atoms with Crippen molar-refractivity contribution in [1.29, 1.82) is 0 Å². The Morgan fingerprint density at radius 1 is 1.03 bits per heavy atom. The molecule has 4 aliphatic carbocycles.